The molecule has 1 aromatic carbocycles. The van der Waals surface area contributed by atoms with E-state index in [9.17, 15) is 13.5 Å². The minimum absolute atomic E-state index is 0.0202. The van der Waals surface area contributed by atoms with Crippen LogP contribution >= 0.6 is 15.9 Å². The van der Waals surface area contributed by atoms with Crippen molar-refractivity contribution >= 4 is 26.0 Å². The van der Waals surface area contributed by atoms with Crippen LogP contribution in [0.25, 0.3) is 0 Å². The highest BCUT2D eigenvalue weighted by molar-refractivity contribution is 9.09. The van der Waals surface area contributed by atoms with Gasteiger partial charge in [0, 0.05) is 10.7 Å². The molecule has 0 aliphatic heterocycles. The number of hydrogen-bond acceptors (Lipinski definition) is 3. The van der Waals surface area contributed by atoms with Crippen molar-refractivity contribution in [1.29, 1.82) is 0 Å². The summed E-state index contributed by atoms with van der Waals surface area (Å²) in [6, 6.07) is 7.71. The number of alkyl halides is 1. The normalized spacial score (nSPS) is 17.0. The molecule has 6 heteroatoms. The van der Waals surface area contributed by atoms with Crippen molar-refractivity contribution in [2.45, 2.75) is 51.2 Å². The zero-order valence-corrected chi connectivity index (χ0v) is 16.0. The van der Waals surface area contributed by atoms with Gasteiger partial charge in [0.2, 0.25) is 10.0 Å². The van der Waals surface area contributed by atoms with Gasteiger partial charge in [-0.3, -0.25) is 0 Å². The molecule has 0 aromatic heterocycles. The molecule has 1 aromatic rings. The molecule has 0 aliphatic rings. The van der Waals surface area contributed by atoms with Crippen LogP contribution < -0.4 is 4.72 Å². The zero-order valence-electron chi connectivity index (χ0n) is 13.6. The van der Waals surface area contributed by atoms with Gasteiger partial charge in [-0.25, -0.2) is 13.1 Å². The van der Waals surface area contributed by atoms with Crippen LogP contribution in [-0.2, 0) is 10.0 Å². The van der Waals surface area contributed by atoms with Crippen molar-refractivity contribution in [2.24, 2.45) is 11.3 Å². The molecule has 0 bridgehead atoms. The number of aliphatic hydroxyl groups is 1. The van der Waals surface area contributed by atoms with E-state index in [1.165, 1.54) is 0 Å². The van der Waals surface area contributed by atoms with Gasteiger partial charge in [0.25, 0.3) is 0 Å². The Morgan fingerprint density at radius 2 is 1.82 bits per heavy atom. The monoisotopic (exact) mass is 391 g/mol. The Bertz CT molecular complexity index is 560. The summed E-state index contributed by atoms with van der Waals surface area (Å²) in [7, 11) is -3.65. The molecule has 2 N–H and O–H groups in total. The Kier molecular flexibility index (Phi) is 7.05. The molecule has 22 heavy (non-hydrogen) atoms. The largest absolute Gasteiger partial charge is 0.391 e. The number of aliphatic hydroxyl groups excluding tert-OH is 1. The number of nitrogens with one attached hydrogen (secondary N) is 1. The van der Waals surface area contributed by atoms with Gasteiger partial charge < -0.3 is 5.11 Å². The highest BCUT2D eigenvalue weighted by atomic mass is 79.9. The maximum Gasteiger partial charge on any atom is 0.240 e. The van der Waals surface area contributed by atoms with Gasteiger partial charge >= 0.3 is 0 Å². The molecule has 126 valence electrons. The molecule has 0 heterocycles. The lowest BCUT2D eigenvalue weighted by Crippen LogP contribution is -2.53. The van der Waals surface area contributed by atoms with Crippen LogP contribution in [0.1, 0.15) is 34.1 Å². The highest BCUT2D eigenvalue weighted by Gasteiger charge is 2.38. The molecule has 4 nitrogen and oxygen atoms in total. The SMILES string of the molecule is CC[C@H](C)[C@H](NS(=O)(=O)c1ccccc1)[C@@H](O)C(C)(C)CBr. The molecule has 1 rings (SSSR count). The molecule has 3 atom stereocenters. The molecular formula is C16H26BrNO3S. The van der Waals surface area contributed by atoms with Crippen LogP contribution in [0, 0.1) is 11.3 Å². The second-order valence-electron chi connectivity index (χ2n) is 6.41. The van der Waals surface area contributed by atoms with Crippen LogP contribution in [0.15, 0.2) is 35.2 Å². The predicted molar refractivity (Wildman–Crippen MR) is 93.6 cm³/mol. The number of benzene rings is 1. The number of hydrogen-bond donors (Lipinski definition) is 2. The van der Waals surface area contributed by atoms with Gasteiger partial charge in [-0.1, -0.05) is 68.2 Å². The topological polar surface area (TPSA) is 66.4 Å². The van der Waals surface area contributed by atoms with Gasteiger partial charge in [-0.2, -0.15) is 0 Å². The molecule has 0 unspecified atom stereocenters. The third-order valence-electron chi connectivity index (χ3n) is 4.09. The van der Waals surface area contributed by atoms with Crippen LogP contribution in [-0.4, -0.2) is 31.0 Å². The lowest BCUT2D eigenvalue weighted by Gasteiger charge is -2.37. The standard InChI is InChI=1S/C16H26BrNO3S/c1-5-12(2)14(15(19)16(3,4)11-17)18-22(20,21)13-9-7-6-8-10-13/h6-10,12,14-15,18-19H,5,11H2,1-4H3/t12-,14-,15+/m0/s1. The van der Waals surface area contributed by atoms with Crippen LogP contribution in [0.2, 0.25) is 0 Å². The number of halogens is 1. The third kappa shape index (κ3) is 4.78. The molecule has 0 aliphatic carbocycles. The van der Waals surface area contributed by atoms with E-state index < -0.39 is 27.6 Å². The Morgan fingerprint density at radius 3 is 2.27 bits per heavy atom. The lowest BCUT2D eigenvalue weighted by atomic mass is 9.80. The van der Waals surface area contributed by atoms with Gasteiger partial charge in [0.1, 0.15) is 0 Å². The zero-order chi connectivity index (χ0) is 17.0. The van der Waals surface area contributed by atoms with E-state index in [2.05, 4.69) is 20.7 Å². The fraction of sp³-hybridized carbons (Fsp3) is 0.625. The first-order chi connectivity index (χ1) is 10.2. The Hall–Kier alpha value is -0.430. The van der Waals surface area contributed by atoms with Crippen LogP contribution in [0.3, 0.4) is 0 Å². The molecule has 0 saturated carbocycles. The predicted octanol–water partition coefficient (Wildman–Crippen LogP) is 3.16. The van der Waals surface area contributed by atoms with Gasteiger partial charge in [0.15, 0.2) is 0 Å². The summed E-state index contributed by atoms with van der Waals surface area (Å²) in [4.78, 5) is 0.215. The van der Waals surface area contributed by atoms with Crippen molar-refractivity contribution in [3.63, 3.8) is 0 Å². The summed E-state index contributed by atoms with van der Waals surface area (Å²) >= 11 is 3.40. The second-order valence-corrected chi connectivity index (χ2v) is 8.69. The fourth-order valence-electron chi connectivity index (χ4n) is 2.16. The molecule has 0 fully saturated rings. The second kappa shape index (κ2) is 7.90. The maximum atomic E-state index is 12.5. The van der Waals surface area contributed by atoms with Crippen LogP contribution in [0.5, 0.6) is 0 Å². The first-order valence-electron chi connectivity index (χ1n) is 7.47. The summed E-state index contributed by atoms with van der Waals surface area (Å²) in [6.07, 6.45) is -0.0162. The quantitative estimate of drug-likeness (QED) is 0.668. The molecule has 0 saturated heterocycles. The molecular weight excluding hydrogens is 366 g/mol. The average molecular weight is 392 g/mol. The van der Waals surface area contributed by atoms with Crippen molar-refractivity contribution in [3.05, 3.63) is 30.3 Å². The van der Waals surface area contributed by atoms with E-state index in [0.717, 1.165) is 6.42 Å². The third-order valence-corrected chi connectivity index (χ3v) is 7.01. The van der Waals surface area contributed by atoms with E-state index in [1.807, 2.05) is 27.7 Å². The fourth-order valence-corrected chi connectivity index (χ4v) is 3.86. The van der Waals surface area contributed by atoms with Crippen molar-refractivity contribution < 1.29 is 13.5 Å². The number of rotatable bonds is 8. The van der Waals surface area contributed by atoms with E-state index in [4.69, 9.17) is 0 Å². The number of sulfonamides is 1. The summed E-state index contributed by atoms with van der Waals surface area (Å²) in [5.41, 5.74) is -0.437. The van der Waals surface area contributed by atoms with Gasteiger partial charge in [-0.05, 0) is 18.1 Å². The van der Waals surface area contributed by atoms with Crippen molar-refractivity contribution in [2.75, 3.05) is 5.33 Å². The highest BCUT2D eigenvalue weighted by Crippen LogP contribution is 2.29. The first-order valence-corrected chi connectivity index (χ1v) is 10.1. The summed E-state index contributed by atoms with van der Waals surface area (Å²) in [6.45, 7) is 7.77. The van der Waals surface area contributed by atoms with E-state index >= 15 is 0 Å². The first kappa shape index (κ1) is 19.6. The van der Waals surface area contributed by atoms with Gasteiger partial charge in [0.05, 0.1) is 17.0 Å². The minimum atomic E-state index is -3.65. The average Bonchev–Trinajstić information content (AvgIpc) is 2.52. The lowest BCUT2D eigenvalue weighted by molar-refractivity contribution is 0.0224. The smallest absolute Gasteiger partial charge is 0.240 e. The summed E-state index contributed by atoms with van der Waals surface area (Å²) in [5.74, 6) is 0.0202. The molecule has 0 spiro atoms. The van der Waals surface area contributed by atoms with Crippen LogP contribution in [0.4, 0.5) is 0 Å². The molecule has 0 amide bonds. The minimum Gasteiger partial charge on any atom is -0.391 e. The Labute approximate surface area is 142 Å². The van der Waals surface area contributed by atoms with Crippen molar-refractivity contribution in [1.82, 2.24) is 4.72 Å². The molecule has 0 radical (unpaired) electrons. The maximum absolute atomic E-state index is 12.5. The van der Waals surface area contributed by atoms with Gasteiger partial charge in [-0.15, -0.1) is 0 Å². The van der Waals surface area contributed by atoms with E-state index in [-0.39, 0.29) is 10.8 Å². The van der Waals surface area contributed by atoms with Crippen molar-refractivity contribution in [3.8, 4) is 0 Å². The summed E-state index contributed by atoms with van der Waals surface area (Å²) in [5, 5.41) is 11.3. The summed E-state index contributed by atoms with van der Waals surface area (Å²) < 4.78 is 27.8. The Morgan fingerprint density at radius 1 is 1.27 bits per heavy atom. The van der Waals surface area contributed by atoms with E-state index in [0.29, 0.717) is 5.33 Å². The Balaban J connectivity index is 3.10. The van der Waals surface area contributed by atoms with E-state index in [1.54, 1.807) is 30.3 Å².